The van der Waals surface area contributed by atoms with Crippen LogP contribution in [-0.2, 0) is 38.0 Å². The van der Waals surface area contributed by atoms with Crippen LogP contribution in [0.5, 0.6) is 5.75 Å². The first-order valence-electron chi connectivity index (χ1n) is 25.9. The summed E-state index contributed by atoms with van der Waals surface area (Å²) in [5, 5.41) is 62.9. The summed E-state index contributed by atoms with van der Waals surface area (Å²) in [7, 11) is 0. The Morgan fingerprint density at radius 2 is 1.45 bits per heavy atom. The Balaban J connectivity index is 1.07. The number of carbonyl (C=O) groups is 2. The van der Waals surface area contributed by atoms with Crippen LogP contribution in [0.4, 0.5) is 0 Å². The summed E-state index contributed by atoms with van der Waals surface area (Å²) in [5.74, 6) is 0.397. The van der Waals surface area contributed by atoms with Crippen molar-refractivity contribution in [1.82, 2.24) is 0 Å². The SMILES string of the molecule is C=CCOCCOC(=C1CC1)C1(C)C=CC(OC(=O)c2ccc3cc(OC(=O)CCC(O)OCCOC(O)C=C)ccc3c2)=CC=C1CCC(O)C1=CC2=CC=C(CC(O)CCC(O)OCCOC(O)C=C)CC2C=C1. The van der Waals surface area contributed by atoms with Crippen LogP contribution in [0.25, 0.3) is 10.8 Å². The highest BCUT2D eigenvalue weighted by Gasteiger charge is 2.38. The molecule has 16 nitrogen and oxygen atoms in total. The Bertz CT molecular complexity index is 2570. The number of hydrogen-bond acceptors (Lipinski definition) is 16. The van der Waals surface area contributed by atoms with E-state index in [1.165, 1.54) is 17.7 Å². The van der Waals surface area contributed by atoms with E-state index in [1.54, 1.807) is 54.6 Å². The molecular formula is C60H74O16. The van der Waals surface area contributed by atoms with Gasteiger partial charge in [-0.15, -0.1) is 6.58 Å². The van der Waals surface area contributed by atoms with Crippen molar-refractivity contribution in [3.8, 4) is 5.75 Å². The molecule has 76 heavy (non-hydrogen) atoms. The zero-order valence-corrected chi connectivity index (χ0v) is 43.3. The molecule has 2 aromatic carbocycles. The standard InChI is InChI=1S/C60H74O16/c1-5-28-69-29-30-74-58(41-10-11-41)60(4)27-26-50(76-59(68)47-15-13-45-39-51(20-16-44(45)38-47)75-57(67)25-24-56(66)73-34-32-71-54(64)7-3)21-17-48(60)18-22-52(62)46-14-12-42-35-40(8-9-43(42)37-46)36-49(61)19-23-55(65)72-33-31-70-53(63)6-2/h5-9,12-17,20-21,26-27,37-39,42,49,52-56,61-66H,1-3,10-11,18-19,22-25,28-36H2,4H3. The minimum Gasteiger partial charge on any atom is -0.494 e. The molecule has 4 aliphatic carbocycles. The third-order valence-corrected chi connectivity index (χ3v) is 13.1. The maximum atomic E-state index is 13.7. The lowest BCUT2D eigenvalue weighted by molar-refractivity contribution is -0.147. The van der Waals surface area contributed by atoms with Crippen molar-refractivity contribution in [2.24, 2.45) is 11.3 Å². The van der Waals surface area contributed by atoms with E-state index in [0.717, 1.165) is 52.7 Å². The second kappa shape index (κ2) is 30.2. The lowest BCUT2D eigenvalue weighted by Gasteiger charge is -2.33. The maximum Gasteiger partial charge on any atom is 0.343 e. The molecule has 6 rings (SSSR count). The third kappa shape index (κ3) is 18.7. The van der Waals surface area contributed by atoms with Crippen LogP contribution in [0.1, 0.15) is 81.5 Å². The van der Waals surface area contributed by atoms with E-state index in [2.05, 4.69) is 32.7 Å². The molecule has 0 bridgehead atoms. The van der Waals surface area contributed by atoms with Gasteiger partial charge in [0.15, 0.2) is 25.2 Å². The molecule has 0 aliphatic heterocycles. The van der Waals surface area contributed by atoms with Crippen LogP contribution < -0.4 is 4.74 Å². The fourth-order valence-electron chi connectivity index (χ4n) is 8.86. The third-order valence-electron chi connectivity index (χ3n) is 13.1. The summed E-state index contributed by atoms with van der Waals surface area (Å²) >= 11 is 0. The van der Waals surface area contributed by atoms with Gasteiger partial charge in [0, 0.05) is 18.8 Å². The van der Waals surface area contributed by atoms with Crippen molar-refractivity contribution in [1.29, 1.82) is 0 Å². The Kier molecular flexibility index (Phi) is 23.6. The molecule has 0 radical (unpaired) electrons. The van der Waals surface area contributed by atoms with Gasteiger partial charge in [0.25, 0.3) is 0 Å². The van der Waals surface area contributed by atoms with E-state index in [4.69, 9.17) is 37.9 Å². The summed E-state index contributed by atoms with van der Waals surface area (Å²) in [4.78, 5) is 26.3. The number of esters is 2. The molecule has 0 heterocycles. The average Bonchev–Trinajstić information content (AvgIpc) is 4.28. The number of benzene rings is 2. The molecule has 4 aliphatic rings. The molecule has 8 atom stereocenters. The van der Waals surface area contributed by atoms with Gasteiger partial charge in [0.05, 0.1) is 69.2 Å². The molecule has 6 N–H and O–H groups in total. The quantitative estimate of drug-likeness (QED) is 0.00972. The first kappa shape index (κ1) is 59.4. The minimum absolute atomic E-state index is 0.00510. The smallest absolute Gasteiger partial charge is 0.343 e. The van der Waals surface area contributed by atoms with Gasteiger partial charge >= 0.3 is 11.9 Å². The van der Waals surface area contributed by atoms with Crippen LogP contribution in [0.2, 0.25) is 0 Å². The lowest BCUT2D eigenvalue weighted by atomic mass is 9.76. The van der Waals surface area contributed by atoms with Crippen molar-refractivity contribution in [2.75, 3.05) is 46.2 Å². The first-order valence-corrected chi connectivity index (χ1v) is 25.9. The van der Waals surface area contributed by atoms with Crippen molar-refractivity contribution >= 4 is 22.7 Å². The number of aliphatic hydroxyl groups excluding tert-OH is 6. The molecule has 16 heteroatoms. The number of allylic oxidation sites excluding steroid dienone is 10. The Morgan fingerprint density at radius 3 is 2.16 bits per heavy atom. The summed E-state index contributed by atoms with van der Waals surface area (Å²) < 4.78 is 44.2. The molecule has 410 valence electrons. The van der Waals surface area contributed by atoms with Gasteiger partial charge in [-0.25, -0.2) is 4.79 Å². The van der Waals surface area contributed by atoms with Crippen LogP contribution in [0.15, 0.2) is 168 Å². The van der Waals surface area contributed by atoms with Crippen molar-refractivity contribution in [3.05, 3.63) is 174 Å². The molecule has 2 aromatic rings. The Labute approximate surface area is 445 Å². The number of carbonyl (C=O) groups excluding carboxylic acids is 2. The molecular weight excluding hydrogens is 977 g/mol. The number of hydrogen-bond donors (Lipinski definition) is 6. The molecule has 0 spiro atoms. The number of aliphatic hydroxyl groups is 6. The minimum atomic E-state index is -1.22. The molecule has 0 aromatic heterocycles. The van der Waals surface area contributed by atoms with Crippen molar-refractivity contribution in [3.63, 3.8) is 0 Å². The number of ether oxygens (including phenoxy) is 8. The number of fused-ring (bicyclic) bond motifs is 2. The van der Waals surface area contributed by atoms with Gasteiger partial charge in [-0.05, 0) is 128 Å². The van der Waals surface area contributed by atoms with E-state index >= 15 is 0 Å². The predicted molar refractivity (Wildman–Crippen MR) is 286 cm³/mol. The summed E-state index contributed by atoms with van der Waals surface area (Å²) in [6, 6.07) is 10.1. The van der Waals surface area contributed by atoms with E-state index < -0.39 is 54.7 Å². The highest BCUT2D eigenvalue weighted by atomic mass is 16.6. The van der Waals surface area contributed by atoms with Gasteiger partial charge in [-0.3, -0.25) is 4.79 Å². The Hall–Kier alpha value is -5.86. The molecule has 0 saturated heterocycles. The molecule has 1 fully saturated rings. The van der Waals surface area contributed by atoms with Gasteiger partial charge < -0.3 is 68.5 Å². The highest BCUT2D eigenvalue weighted by molar-refractivity contribution is 5.96. The maximum absolute atomic E-state index is 13.7. The lowest BCUT2D eigenvalue weighted by Crippen LogP contribution is -2.24. The summed E-state index contributed by atoms with van der Waals surface area (Å²) in [5.41, 5.74) is 4.68. The molecule has 8 unspecified atom stereocenters. The molecule has 1 saturated carbocycles. The summed E-state index contributed by atoms with van der Waals surface area (Å²) in [6.07, 6.45) is 20.2. The van der Waals surface area contributed by atoms with Crippen LogP contribution >= 0.6 is 0 Å². The van der Waals surface area contributed by atoms with Gasteiger partial charge in [0.2, 0.25) is 0 Å². The van der Waals surface area contributed by atoms with Crippen molar-refractivity contribution < 1.29 is 78.1 Å². The second-order valence-electron chi connectivity index (χ2n) is 19.0. The first-order chi connectivity index (χ1) is 36.7. The topological polar surface area (TPSA) is 229 Å². The summed E-state index contributed by atoms with van der Waals surface area (Å²) in [6.45, 7) is 14.0. The van der Waals surface area contributed by atoms with E-state index in [-0.39, 0.29) is 51.6 Å². The van der Waals surface area contributed by atoms with E-state index in [0.29, 0.717) is 68.0 Å². The van der Waals surface area contributed by atoms with Gasteiger partial charge in [-0.1, -0.05) is 85.0 Å². The normalized spacial score (nSPS) is 20.2. The fourth-order valence-corrected chi connectivity index (χ4v) is 8.86. The average molecular weight is 1050 g/mol. The van der Waals surface area contributed by atoms with E-state index in [1.807, 2.05) is 36.5 Å². The van der Waals surface area contributed by atoms with Gasteiger partial charge in [-0.2, -0.15) is 0 Å². The fraction of sp³-hybridized carbons (Fsp3) is 0.433. The van der Waals surface area contributed by atoms with Crippen LogP contribution in [0, 0.1) is 11.3 Å². The zero-order valence-electron chi connectivity index (χ0n) is 43.3. The molecule has 0 amide bonds. The van der Waals surface area contributed by atoms with Crippen molar-refractivity contribution in [2.45, 2.75) is 108 Å². The monoisotopic (exact) mass is 1050 g/mol. The van der Waals surface area contributed by atoms with Gasteiger partial charge in [0.1, 0.15) is 23.9 Å². The number of rotatable bonds is 34. The van der Waals surface area contributed by atoms with Crippen LogP contribution in [-0.4, -0.2) is 126 Å². The van der Waals surface area contributed by atoms with E-state index in [9.17, 15) is 40.2 Å². The second-order valence-corrected chi connectivity index (χ2v) is 19.0. The van der Waals surface area contributed by atoms with Crippen LogP contribution in [0.3, 0.4) is 0 Å². The predicted octanol–water partition coefficient (Wildman–Crippen LogP) is 8.09. The largest absolute Gasteiger partial charge is 0.494 e. The Morgan fingerprint density at radius 1 is 0.750 bits per heavy atom. The highest BCUT2D eigenvalue weighted by Crippen LogP contribution is 2.48. The zero-order chi connectivity index (χ0) is 54.5.